The van der Waals surface area contributed by atoms with Crippen LogP contribution in [0.15, 0.2) is 84.2 Å². The monoisotopic (exact) mass is 388 g/mol. The lowest BCUT2D eigenvalue weighted by atomic mass is 10.2. The molecule has 7 nitrogen and oxygen atoms in total. The number of hydrogen-bond donors (Lipinski definition) is 2. The Balaban J connectivity index is 1.41. The van der Waals surface area contributed by atoms with Gasteiger partial charge in [-0.25, -0.2) is 5.43 Å². The van der Waals surface area contributed by atoms with Gasteiger partial charge in [0.25, 0.3) is 11.8 Å². The summed E-state index contributed by atoms with van der Waals surface area (Å²) in [5.74, 6) is 0.0567. The van der Waals surface area contributed by atoms with Crippen LogP contribution >= 0.6 is 0 Å². The summed E-state index contributed by atoms with van der Waals surface area (Å²) >= 11 is 0. The SMILES string of the molecule is O=C(COc1ccc(/C=N\NC(=O)c2ccncc2)cc1)NCc1ccccc1. The van der Waals surface area contributed by atoms with Crippen molar-refractivity contribution >= 4 is 18.0 Å². The molecule has 0 saturated carbocycles. The Morgan fingerprint density at radius 1 is 0.966 bits per heavy atom. The molecule has 3 aromatic rings. The molecule has 2 N–H and O–H groups in total. The summed E-state index contributed by atoms with van der Waals surface area (Å²) in [6.45, 7) is 0.395. The number of carbonyl (C=O) groups is 2. The predicted octanol–water partition coefficient (Wildman–Crippen LogP) is 2.54. The topological polar surface area (TPSA) is 92.7 Å². The average molecular weight is 388 g/mol. The van der Waals surface area contributed by atoms with Gasteiger partial charge in [0.1, 0.15) is 5.75 Å². The zero-order chi connectivity index (χ0) is 20.3. The van der Waals surface area contributed by atoms with E-state index in [-0.39, 0.29) is 18.4 Å². The summed E-state index contributed by atoms with van der Waals surface area (Å²) in [5.41, 5.74) is 4.73. The van der Waals surface area contributed by atoms with E-state index in [2.05, 4.69) is 20.8 Å². The molecular formula is C22H20N4O3. The van der Waals surface area contributed by atoms with Gasteiger partial charge in [-0.05, 0) is 47.5 Å². The second-order valence-electron chi connectivity index (χ2n) is 6.06. The van der Waals surface area contributed by atoms with Crippen LogP contribution in [0.2, 0.25) is 0 Å². The average Bonchev–Trinajstić information content (AvgIpc) is 2.78. The maximum atomic E-state index is 11.9. The first-order chi connectivity index (χ1) is 14.2. The fourth-order valence-corrected chi connectivity index (χ4v) is 2.38. The minimum absolute atomic E-state index is 0.0672. The second kappa shape index (κ2) is 10.4. The molecule has 1 heterocycles. The van der Waals surface area contributed by atoms with Gasteiger partial charge in [0.2, 0.25) is 0 Å². The normalized spacial score (nSPS) is 10.5. The van der Waals surface area contributed by atoms with Crippen LogP contribution < -0.4 is 15.5 Å². The van der Waals surface area contributed by atoms with Crippen LogP contribution in [0, 0.1) is 0 Å². The summed E-state index contributed by atoms with van der Waals surface area (Å²) in [4.78, 5) is 27.6. The quantitative estimate of drug-likeness (QED) is 0.458. The van der Waals surface area contributed by atoms with E-state index in [0.29, 0.717) is 17.9 Å². The Hall–Kier alpha value is -4.00. The number of ether oxygens (including phenoxy) is 1. The van der Waals surface area contributed by atoms with Crippen LogP contribution in [0.3, 0.4) is 0 Å². The van der Waals surface area contributed by atoms with E-state index in [4.69, 9.17) is 4.74 Å². The van der Waals surface area contributed by atoms with Gasteiger partial charge < -0.3 is 10.1 Å². The van der Waals surface area contributed by atoms with Crippen molar-refractivity contribution in [3.05, 3.63) is 95.8 Å². The molecule has 0 radical (unpaired) electrons. The highest BCUT2D eigenvalue weighted by Crippen LogP contribution is 2.11. The molecule has 146 valence electrons. The standard InChI is InChI=1S/C22H20N4O3/c27-21(24-14-17-4-2-1-3-5-17)16-29-20-8-6-18(7-9-20)15-25-26-22(28)19-10-12-23-13-11-19/h1-13,15H,14,16H2,(H,24,27)(H,26,28)/b25-15-. The third-order valence-electron chi connectivity index (χ3n) is 3.90. The van der Waals surface area contributed by atoms with Gasteiger partial charge in [-0.15, -0.1) is 0 Å². The molecule has 2 aromatic carbocycles. The van der Waals surface area contributed by atoms with Crippen LogP contribution in [0.5, 0.6) is 5.75 Å². The van der Waals surface area contributed by atoms with Crippen LogP contribution in [-0.2, 0) is 11.3 Å². The maximum Gasteiger partial charge on any atom is 0.271 e. The minimum atomic E-state index is -0.315. The van der Waals surface area contributed by atoms with Crippen molar-refractivity contribution in [2.75, 3.05) is 6.61 Å². The number of hydrogen-bond acceptors (Lipinski definition) is 5. The molecule has 2 amide bonds. The maximum absolute atomic E-state index is 11.9. The molecule has 1 aromatic heterocycles. The molecule has 0 bridgehead atoms. The van der Waals surface area contributed by atoms with Crippen molar-refractivity contribution in [3.63, 3.8) is 0 Å². The van der Waals surface area contributed by atoms with E-state index < -0.39 is 0 Å². The van der Waals surface area contributed by atoms with Crippen LogP contribution in [0.25, 0.3) is 0 Å². The summed E-state index contributed by atoms with van der Waals surface area (Å²) in [6.07, 6.45) is 4.61. The van der Waals surface area contributed by atoms with Crippen molar-refractivity contribution in [1.82, 2.24) is 15.7 Å². The highest BCUT2D eigenvalue weighted by molar-refractivity contribution is 5.94. The predicted molar refractivity (Wildman–Crippen MR) is 110 cm³/mol. The highest BCUT2D eigenvalue weighted by atomic mass is 16.5. The first-order valence-electron chi connectivity index (χ1n) is 8.97. The number of benzene rings is 2. The van der Waals surface area contributed by atoms with Gasteiger partial charge in [-0.1, -0.05) is 30.3 Å². The third-order valence-corrected chi connectivity index (χ3v) is 3.90. The summed E-state index contributed by atoms with van der Waals surface area (Å²) in [6, 6.07) is 19.9. The Kier molecular flexibility index (Phi) is 7.06. The van der Waals surface area contributed by atoms with Crippen molar-refractivity contribution in [2.24, 2.45) is 5.10 Å². The first kappa shape index (κ1) is 19.8. The van der Waals surface area contributed by atoms with Crippen LogP contribution in [-0.4, -0.2) is 29.6 Å². The zero-order valence-corrected chi connectivity index (χ0v) is 15.6. The smallest absolute Gasteiger partial charge is 0.271 e. The van der Waals surface area contributed by atoms with Gasteiger partial charge in [0.15, 0.2) is 6.61 Å². The van der Waals surface area contributed by atoms with E-state index in [9.17, 15) is 9.59 Å². The minimum Gasteiger partial charge on any atom is -0.484 e. The van der Waals surface area contributed by atoms with Gasteiger partial charge in [-0.3, -0.25) is 14.6 Å². The van der Waals surface area contributed by atoms with Gasteiger partial charge in [0, 0.05) is 24.5 Å². The summed E-state index contributed by atoms with van der Waals surface area (Å²) in [7, 11) is 0. The van der Waals surface area contributed by atoms with Gasteiger partial charge in [-0.2, -0.15) is 5.10 Å². The third kappa shape index (κ3) is 6.59. The van der Waals surface area contributed by atoms with Crippen molar-refractivity contribution in [3.8, 4) is 5.75 Å². The second-order valence-corrected chi connectivity index (χ2v) is 6.06. The number of aromatic nitrogens is 1. The Morgan fingerprint density at radius 2 is 1.69 bits per heavy atom. The van der Waals surface area contributed by atoms with Crippen molar-refractivity contribution in [1.29, 1.82) is 0 Å². The van der Waals surface area contributed by atoms with E-state index in [0.717, 1.165) is 11.1 Å². The number of nitrogens with one attached hydrogen (secondary N) is 2. The Morgan fingerprint density at radius 3 is 2.41 bits per heavy atom. The fraction of sp³-hybridized carbons (Fsp3) is 0.0909. The van der Waals surface area contributed by atoms with E-state index in [1.807, 2.05) is 30.3 Å². The number of pyridine rings is 1. The molecular weight excluding hydrogens is 368 g/mol. The molecule has 7 heteroatoms. The lowest BCUT2D eigenvalue weighted by molar-refractivity contribution is -0.123. The van der Waals surface area contributed by atoms with E-state index >= 15 is 0 Å². The number of nitrogens with zero attached hydrogens (tertiary/aromatic N) is 2. The fourth-order valence-electron chi connectivity index (χ4n) is 2.38. The number of hydrazone groups is 1. The number of rotatable bonds is 8. The van der Waals surface area contributed by atoms with Crippen LogP contribution in [0.4, 0.5) is 0 Å². The molecule has 0 atom stereocenters. The van der Waals surface area contributed by atoms with Crippen LogP contribution in [0.1, 0.15) is 21.5 Å². The van der Waals surface area contributed by atoms with E-state index in [1.54, 1.807) is 48.8 Å². The summed E-state index contributed by atoms with van der Waals surface area (Å²) < 4.78 is 5.48. The van der Waals surface area contributed by atoms with Crippen molar-refractivity contribution in [2.45, 2.75) is 6.54 Å². The highest BCUT2D eigenvalue weighted by Gasteiger charge is 2.04. The molecule has 0 aliphatic rings. The lowest BCUT2D eigenvalue weighted by Gasteiger charge is -2.08. The molecule has 0 unspecified atom stereocenters. The molecule has 0 aliphatic carbocycles. The molecule has 3 rings (SSSR count). The summed E-state index contributed by atoms with van der Waals surface area (Å²) in [5, 5.41) is 6.73. The van der Waals surface area contributed by atoms with Crippen molar-refractivity contribution < 1.29 is 14.3 Å². The largest absolute Gasteiger partial charge is 0.484 e. The Labute approximate surface area is 168 Å². The number of carbonyl (C=O) groups excluding carboxylic acids is 2. The lowest BCUT2D eigenvalue weighted by Crippen LogP contribution is -2.28. The van der Waals surface area contributed by atoms with Gasteiger partial charge in [0.05, 0.1) is 6.21 Å². The molecule has 0 aliphatic heterocycles. The van der Waals surface area contributed by atoms with E-state index in [1.165, 1.54) is 6.21 Å². The molecule has 0 fully saturated rings. The molecule has 29 heavy (non-hydrogen) atoms. The first-order valence-corrected chi connectivity index (χ1v) is 8.97. The Bertz CT molecular complexity index is 958. The number of amides is 2. The molecule has 0 spiro atoms. The zero-order valence-electron chi connectivity index (χ0n) is 15.6. The molecule has 0 saturated heterocycles. The van der Waals surface area contributed by atoms with Gasteiger partial charge >= 0.3 is 0 Å².